The predicted octanol–water partition coefficient (Wildman–Crippen LogP) is 3.36. The lowest BCUT2D eigenvalue weighted by molar-refractivity contribution is -0.0773. The fourth-order valence-electron chi connectivity index (χ4n) is 3.22. The van der Waals surface area contributed by atoms with E-state index in [0.29, 0.717) is 12.0 Å². The van der Waals surface area contributed by atoms with Crippen LogP contribution in [0.3, 0.4) is 0 Å². The van der Waals surface area contributed by atoms with E-state index in [1.807, 2.05) is 0 Å². The molecule has 2 nitrogen and oxygen atoms in total. The molecule has 1 fully saturated rings. The van der Waals surface area contributed by atoms with E-state index >= 15 is 0 Å². The van der Waals surface area contributed by atoms with Crippen LogP contribution < -0.4 is 0 Å². The molecule has 2 rings (SSSR count). The quantitative estimate of drug-likeness (QED) is 0.882. The molecule has 0 bridgehead atoms. The fourth-order valence-corrected chi connectivity index (χ4v) is 3.22. The van der Waals surface area contributed by atoms with Crippen LogP contribution in [0.2, 0.25) is 0 Å². The summed E-state index contributed by atoms with van der Waals surface area (Å²) in [5, 5.41) is 10.2. The van der Waals surface area contributed by atoms with Crippen LogP contribution in [0.5, 0.6) is 0 Å². The van der Waals surface area contributed by atoms with E-state index in [2.05, 4.69) is 63.8 Å². The first-order valence-corrected chi connectivity index (χ1v) is 7.31. The van der Waals surface area contributed by atoms with Gasteiger partial charge < -0.3 is 5.11 Å². The average molecular weight is 261 g/mol. The summed E-state index contributed by atoms with van der Waals surface area (Å²) < 4.78 is 0. The maximum absolute atomic E-state index is 10.2. The van der Waals surface area contributed by atoms with Crippen LogP contribution in [0, 0.1) is 12.8 Å². The summed E-state index contributed by atoms with van der Waals surface area (Å²) >= 11 is 0. The van der Waals surface area contributed by atoms with Crippen LogP contribution in [0.25, 0.3) is 0 Å². The van der Waals surface area contributed by atoms with Gasteiger partial charge in [-0.25, -0.2) is 0 Å². The fraction of sp³-hybridized carbons (Fsp3) is 0.647. The number of hydrogen-bond donors (Lipinski definition) is 1. The van der Waals surface area contributed by atoms with Gasteiger partial charge in [0.2, 0.25) is 0 Å². The van der Waals surface area contributed by atoms with Gasteiger partial charge in [0.05, 0.1) is 6.10 Å². The predicted molar refractivity (Wildman–Crippen MR) is 80.1 cm³/mol. The third-order valence-corrected chi connectivity index (χ3v) is 4.82. The third-order valence-electron chi connectivity index (χ3n) is 4.82. The molecule has 2 heteroatoms. The lowest BCUT2D eigenvalue weighted by Crippen LogP contribution is -2.58. The number of likely N-dealkylation sites (tertiary alicyclic amines) is 1. The van der Waals surface area contributed by atoms with Crippen molar-refractivity contribution in [2.45, 2.75) is 65.3 Å². The molecule has 0 spiro atoms. The molecule has 1 heterocycles. The molecule has 1 saturated heterocycles. The largest absolute Gasteiger partial charge is 0.393 e. The molecule has 0 amide bonds. The molecule has 0 aliphatic carbocycles. The molecule has 106 valence electrons. The van der Waals surface area contributed by atoms with Crippen molar-refractivity contribution in [3.63, 3.8) is 0 Å². The molecule has 3 atom stereocenters. The van der Waals surface area contributed by atoms with Crippen LogP contribution in [0.15, 0.2) is 24.3 Å². The smallest absolute Gasteiger partial charge is 0.0598 e. The Morgan fingerprint density at radius 1 is 1.21 bits per heavy atom. The Kier molecular flexibility index (Phi) is 4.03. The Bertz CT molecular complexity index is 423. The van der Waals surface area contributed by atoms with Crippen molar-refractivity contribution >= 4 is 0 Å². The lowest BCUT2D eigenvalue weighted by Gasteiger charge is -2.51. The second-order valence-electron chi connectivity index (χ2n) is 6.80. The summed E-state index contributed by atoms with van der Waals surface area (Å²) in [5.41, 5.74) is 2.71. The van der Waals surface area contributed by atoms with Gasteiger partial charge in [0, 0.05) is 18.1 Å². The molecule has 1 N–H and O–H groups in total. The van der Waals surface area contributed by atoms with Gasteiger partial charge in [-0.1, -0.05) is 36.8 Å². The van der Waals surface area contributed by atoms with Crippen LogP contribution >= 0.6 is 0 Å². The minimum absolute atomic E-state index is 0.0518. The molecule has 0 aromatic heterocycles. The highest BCUT2D eigenvalue weighted by atomic mass is 16.3. The summed E-state index contributed by atoms with van der Waals surface area (Å²) in [6, 6.07) is 9.19. The second-order valence-corrected chi connectivity index (χ2v) is 6.80. The van der Waals surface area contributed by atoms with E-state index in [-0.39, 0.29) is 11.6 Å². The normalized spacial score (nSPS) is 31.4. The van der Waals surface area contributed by atoms with Gasteiger partial charge in [0.1, 0.15) is 0 Å². The van der Waals surface area contributed by atoms with Crippen LogP contribution in [-0.4, -0.2) is 27.7 Å². The molecular formula is C17H27NO. The van der Waals surface area contributed by atoms with E-state index < -0.39 is 0 Å². The van der Waals surface area contributed by atoms with E-state index in [1.165, 1.54) is 11.1 Å². The topological polar surface area (TPSA) is 23.5 Å². The van der Waals surface area contributed by atoms with Crippen molar-refractivity contribution in [2.24, 2.45) is 5.92 Å². The van der Waals surface area contributed by atoms with Gasteiger partial charge in [-0.15, -0.1) is 0 Å². The average Bonchev–Trinajstić information content (AvgIpc) is 2.34. The van der Waals surface area contributed by atoms with Crippen molar-refractivity contribution in [2.75, 3.05) is 0 Å². The highest BCUT2D eigenvalue weighted by Gasteiger charge is 2.42. The zero-order valence-electron chi connectivity index (χ0n) is 12.9. The van der Waals surface area contributed by atoms with Crippen molar-refractivity contribution in [3.05, 3.63) is 35.4 Å². The summed E-state index contributed by atoms with van der Waals surface area (Å²) in [5.74, 6) is 0.332. The maximum atomic E-state index is 10.2. The van der Waals surface area contributed by atoms with Crippen molar-refractivity contribution in [1.29, 1.82) is 0 Å². The number of piperidine rings is 1. The van der Waals surface area contributed by atoms with Gasteiger partial charge >= 0.3 is 0 Å². The second kappa shape index (κ2) is 5.26. The molecule has 1 aliphatic heterocycles. The first-order valence-electron chi connectivity index (χ1n) is 7.31. The number of aliphatic hydroxyl groups excluding tert-OH is 1. The van der Waals surface area contributed by atoms with E-state index in [4.69, 9.17) is 0 Å². The first-order chi connectivity index (χ1) is 8.81. The van der Waals surface area contributed by atoms with Gasteiger partial charge in [0.15, 0.2) is 0 Å². The number of benzene rings is 1. The van der Waals surface area contributed by atoms with Crippen molar-refractivity contribution in [1.82, 2.24) is 4.90 Å². The number of hydrogen-bond acceptors (Lipinski definition) is 2. The standard InChI is InChI=1S/C17H27NO/c1-12-6-8-15(9-7-12)11-18-14(3)13(2)16(19)10-17(18,4)5/h6-9,13-14,16,19H,10-11H2,1-5H3. The van der Waals surface area contributed by atoms with E-state index in [1.54, 1.807) is 0 Å². The lowest BCUT2D eigenvalue weighted by atomic mass is 9.78. The van der Waals surface area contributed by atoms with Crippen LogP contribution in [0.1, 0.15) is 45.2 Å². The van der Waals surface area contributed by atoms with Crippen LogP contribution in [0.4, 0.5) is 0 Å². The Morgan fingerprint density at radius 2 is 1.79 bits per heavy atom. The molecule has 0 saturated carbocycles. The van der Waals surface area contributed by atoms with Gasteiger partial charge in [0.25, 0.3) is 0 Å². The van der Waals surface area contributed by atoms with Crippen LogP contribution in [-0.2, 0) is 6.54 Å². The van der Waals surface area contributed by atoms with Gasteiger partial charge in [-0.3, -0.25) is 4.90 Å². The summed E-state index contributed by atoms with van der Waals surface area (Å²) in [6.07, 6.45) is 0.670. The molecule has 1 aliphatic rings. The Balaban J connectivity index is 2.19. The maximum Gasteiger partial charge on any atom is 0.0598 e. The number of nitrogens with zero attached hydrogens (tertiary/aromatic N) is 1. The highest BCUT2D eigenvalue weighted by molar-refractivity contribution is 5.21. The van der Waals surface area contributed by atoms with Gasteiger partial charge in [-0.2, -0.15) is 0 Å². The zero-order chi connectivity index (χ0) is 14.2. The van der Waals surface area contributed by atoms with E-state index in [0.717, 1.165) is 13.0 Å². The minimum atomic E-state index is -0.181. The zero-order valence-corrected chi connectivity index (χ0v) is 12.9. The summed E-state index contributed by atoms with van der Waals surface area (Å²) in [7, 11) is 0. The monoisotopic (exact) mass is 261 g/mol. The Morgan fingerprint density at radius 3 is 2.37 bits per heavy atom. The highest BCUT2D eigenvalue weighted by Crippen LogP contribution is 2.36. The summed E-state index contributed by atoms with van der Waals surface area (Å²) in [4.78, 5) is 2.54. The Labute approximate surface area is 117 Å². The third kappa shape index (κ3) is 3.01. The first kappa shape index (κ1) is 14.5. The molecular weight excluding hydrogens is 234 g/mol. The SMILES string of the molecule is Cc1ccc(CN2C(C)C(C)C(O)CC2(C)C)cc1. The molecule has 0 radical (unpaired) electrons. The Hall–Kier alpha value is -0.860. The summed E-state index contributed by atoms with van der Waals surface area (Å²) in [6.45, 7) is 12.0. The number of aryl methyl sites for hydroxylation is 1. The minimum Gasteiger partial charge on any atom is -0.393 e. The van der Waals surface area contributed by atoms with E-state index in [9.17, 15) is 5.11 Å². The molecule has 1 aromatic carbocycles. The molecule has 19 heavy (non-hydrogen) atoms. The molecule has 1 aromatic rings. The van der Waals surface area contributed by atoms with Crippen molar-refractivity contribution in [3.8, 4) is 0 Å². The van der Waals surface area contributed by atoms with Gasteiger partial charge in [-0.05, 0) is 45.6 Å². The molecule has 3 unspecified atom stereocenters. The number of rotatable bonds is 2. The van der Waals surface area contributed by atoms with Crippen molar-refractivity contribution < 1.29 is 5.11 Å². The number of aliphatic hydroxyl groups is 1.